The average Bonchev–Trinajstić information content (AvgIpc) is 2.11. The summed E-state index contributed by atoms with van der Waals surface area (Å²) in [6.07, 6.45) is 0. The fourth-order valence-electron chi connectivity index (χ4n) is 0.955. The zero-order valence-corrected chi connectivity index (χ0v) is 9.38. The summed E-state index contributed by atoms with van der Waals surface area (Å²) in [5.74, 6) is 0. The molecule has 0 aromatic rings. The van der Waals surface area contributed by atoms with Crippen LogP contribution in [-0.4, -0.2) is 58.0 Å². The Morgan fingerprint density at radius 3 is 2.60 bits per heavy atom. The first-order valence-corrected chi connectivity index (χ1v) is 4.81. The molecular weight excluding hydrogens is 260 g/mol. The van der Waals surface area contributed by atoms with E-state index in [1.807, 2.05) is 6.92 Å². The van der Waals surface area contributed by atoms with Gasteiger partial charge in [0.2, 0.25) is 0 Å². The van der Waals surface area contributed by atoms with E-state index in [1.54, 1.807) is 0 Å². The van der Waals surface area contributed by atoms with Crippen molar-refractivity contribution in [2.45, 2.75) is 19.9 Å². The molecule has 0 radical (unpaired) electrons. The van der Waals surface area contributed by atoms with Gasteiger partial charge in [0.1, 0.15) is 0 Å². The molecule has 4 heteroatoms. The summed E-state index contributed by atoms with van der Waals surface area (Å²) in [6, 6.07) is 0.456. The first-order valence-electron chi connectivity index (χ1n) is 3.09. The second-order valence-corrected chi connectivity index (χ2v) is 4.29. The summed E-state index contributed by atoms with van der Waals surface area (Å²) in [5.41, 5.74) is 0. The van der Waals surface area contributed by atoms with Crippen molar-refractivity contribution >= 4 is 40.4 Å². The fraction of sp³-hybridized carbons (Fsp3) is 0.667. The van der Waals surface area contributed by atoms with Crippen LogP contribution in [0.25, 0.3) is 0 Å². The normalized spacial score (nSPS) is 24.8. The number of hydrogen-bond donors (Lipinski definition) is 0. The van der Waals surface area contributed by atoms with Gasteiger partial charge in [-0.05, 0) is 0 Å². The number of nitrogens with zero attached hydrogens (tertiary/aromatic N) is 1. The van der Waals surface area contributed by atoms with E-state index < -0.39 is 0 Å². The predicted octanol–water partition coefficient (Wildman–Crippen LogP) is -0.719. The summed E-state index contributed by atoms with van der Waals surface area (Å²) in [6.45, 7) is 4.94. The molecule has 10 heavy (non-hydrogen) atoms. The van der Waals surface area contributed by atoms with Crippen LogP contribution in [0.1, 0.15) is 13.8 Å². The Balaban J connectivity index is 2.72. The van der Waals surface area contributed by atoms with Crippen LogP contribution in [0.5, 0.6) is 0 Å². The minimum atomic E-state index is 0.456. The van der Waals surface area contributed by atoms with Gasteiger partial charge < -0.3 is 0 Å². The molecule has 2 nitrogen and oxygen atoms in total. The van der Waals surface area contributed by atoms with E-state index in [0.29, 0.717) is 6.04 Å². The van der Waals surface area contributed by atoms with Gasteiger partial charge >= 0.3 is 76.6 Å². The molecule has 1 aliphatic rings. The Morgan fingerprint density at radius 1 is 1.80 bits per heavy atom. The molecule has 0 bridgehead atoms. The van der Waals surface area contributed by atoms with Gasteiger partial charge in [-0.3, -0.25) is 0 Å². The predicted molar refractivity (Wildman–Crippen MR) is 44.4 cm³/mol. The number of ether oxygens (including phenoxy) is 1. The third-order valence-electron chi connectivity index (χ3n) is 1.42. The molecule has 0 saturated carbocycles. The maximum atomic E-state index is 5.29. The van der Waals surface area contributed by atoms with Crippen molar-refractivity contribution in [2.24, 2.45) is 0 Å². The minimum absolute atomic E-state index is 0.456. The molecular formula is C6H9NOSe2. The van der Waals surface area contributed by atoms with E-state index in [4.69, 9.17) is 4.74 Å². The molecule has 1 rings (SSSR count). The van der Waals surface area contributed by atoms with Gasteiger partial charge in [-0.2, -0.15) is 0 Å². The van der Waals surface area contributed by atoms with Gasteiger partial charge in [0.05, 0.1) is 0 Å². The van der Waals surface area contributed by atoms with Crippen molar-refractivity contribution in [3.05, 3.63) is 0 Å². The molecule has 56 valence electrons. The van der Waals surface area contributed by atoms with E-state index >= 15 is 0 Å². The third kappa shape index (κ3) is 1.51. The third-order valence-corrected chi connectivity index (χ3v) is 2.50. The van der Waals surface area contributed by atoms with Gasteiger partial charge in [0.15, 0.2) is 0 Å². The molecule has 1 atom stereocenters. The summed E-state index contributed by atoms with van der Waals surface area (Å²) in [7, 11) is 0. The summed E-state index contributed by atoms with van der Waals surface area (Å²) in [4.78, 5) is 2.11. The van der Waals surface area contributed by atoms with Crippen molar-refractivity contribution in [3.8, 4) is 0 Å². The van der Waals surface area contributed by atoms with Gasteiger partial charge in [-0.15, -0.1) is 0 Å². The topological polar surface area (TPSA) is 12.5 Å². The zero-order valence-electron chi connectivity index (χ0n) is 5.96. The Bertz CT molecular complexity index is 181. The molecule has 0 unspecified atom stereocenters. The Morgan fingerprint density at radius 2 is 2.40 bits per heavy atom. The van der Waals surface area contributed by atoms with Gasteiger partial charge in [0.25, 0.3) is 0 Å². The average molecular weight is 269 g/mol. The van der Waals surface area contributed by atoms with Crippen molar-refractivity contribution < 1.29 is 4.74 Å². The molecule has 0 aromatic heterocycles. The van der Waals surface area contributed by atoms with Crippen molar-refractivity contribution in [3.63, 3.8) is 0 Å². The van der Waals surface area contributed by atoms with Gasteiger partial charge in [-0.25, -0.2) is 0 Å². The molecule has 1 saturated heterocycles. The molecule has 0 spiro atoms. The second-order valence-electron chi connectivity index (χ2n) is 2.31. The van der Waals surface area contributed by atoms with E-state index in [9.17, 15) is 0 Å². The fourth-order valence-corrected chi connectivity index (χ4v) is 2.61. The first kappa shape index (κ1) is 8.48. The van der Waals surface area contributed by atoms with Crippen LogP contribution in [0.2, 0.25) is 0 Å². The summed E-state index contributed by atoms with van der Waals surface area (Å²) in [5, 5.41) is 0. The van der Waals surface area contributed by atoms with Crippen LogP contribution >= 0.6 is 0 Å². The standard InChI is InChI=1S/C6H9NOSe2/c1-4-3-8-6(10)7(4)5(2)9/h4H,3H2,1-2H3/t4-/m0/s1. The van der Waals surface area contributed by atoms with Crippen LogP contribution in [0.4, 0.5) is 0 Å². The summed E-state index contributed by atoms with van der Waals surface area (Å²) >= 11 is 5.84. The molecule has 0 aliphatic carbocycles. The van der Waals surface area contributed by atoms with Crippen LogP contribution in [0, 0.1) is 0 Å². The van der Waals surface area contributed by atoms with E-state index in [1.165, 1.54) is 0 Å². The van der Waals surface area contributed by atoms with Gasteiger partial charge in [0, 0.05) is 0 Å². The first-order chi connectivity index (χ1) is 4.63. The monoisotopic (exact) mass is 271 g/mol. The molecule has 1 fully saturated rings. The molecule has 0 amide bonds. The van der Waals surface area contributed by atoms with Crippen molar-refractivity contribution in [1.29, 1.82) is 0 Å². The molecule has 1 aliphatic heterocycles. The van der Waals surface area contributed by atoms with Crippen LogP contribution in [0.3, 0.4) is 0 Å². The SMILES string of the molecule is CC(=[Se])N1C(=[Se])OC[C@@H]1C. The molecule has 1 heterocycles. The number of rotatable bonds is 1. The second kappa shape index (κ2) is 3.18. The van der Waals surface area contributed by atoms with Crippen molar-refractivity contribution in [2.75, 3.05) is 6.61 Å². The van der Waals surface area contributed by atoms with Crippen LogP contribution < -0.4 is 0 Å². The Labute approximate surface area is 76.6 Å². The van der Waals surface area contributed by atoms with Crippen molar-refractivity contribution in [1.82, 2.24) is 4.90 Å². The summed E-state index contributed by atoms with van der Waals surface area (Å²) < 4.78 is 7.32. The zero-order chi connectivity index (χ0) is 7.72. The maximum absolute atomic E-state index is 5.29. The Kier molecular flexibility index (Phi) is 2.70. The van der Waals surface area contributed by atoms with Crippen LogP contribution in [-0.2, 0) is 4.74 Å². The van der Waals surface area contributed by atoms with Crippen LogP contribution in [0.15, 0.2) is 0 Å². The van der Waals surface area contributed by atoms with E-state index in [-0.39, 0.29) is 0 Å². The quantitative estimate of drug-likeness (QED) is 0.583. The molecule has 0 N–H and O–H groups in total. The van der Waals surface area contributed by atoms with E-state index in [2.05, 4.69) is 43.0 Å². The van der Waals surface area contributed by atoms with E-state index in [0.717, 1.165) is 15.9 Å². The van der Waals surface area contributed by atoms with Gasteiger partial charge in [-0.1, -0.05) is 0 Å². The molecule has 0 aromatic carbocycles. The Hall–Kier alpha value is 0.379. The number of hydrogen-bond acceptors (Lipinski definition) is 2.